The minimum absolute atomic E-state index is 0.0606. The minimum atomic E-state index is -0.265. The van der Waals surface area contributed by atoms with Gasteiger partial charge in [0.2, 0.25) is 0 Å². The molecule has 2 nitrogen and oxygen atoms in total. The Morgan fingerprint density at radius 3 is 2.21 bits per heavy atom. The van der Waals surface area contributed by atoms with Crippen LogP contribution >= 0.6 is 0 Å². The molecule has 0 radical (unpaired) electrons. The van der Waals surface area contributed by atoms with Crippen molar-refractivity contribution in [3.63, 3.8) is 0 Å². The SMILES string of the molecule is O=C(OCC1CC2CC1C1C3C=CC(C3)C21)C1c2ccccc2-c2ccccc21. The molecule has 29 heavy (non-hydrogen) atoms. The molecular formula is C27H26O2. The first-order chi connectivity index (χ1) is 14.3. The number of ether oxygens (including phenoxy) is 1. The summed E-state index contributed by atoms with van der Waals surface area (Å²) in [5.41, 5.74) is 4.57. The van der Waals surface area contributed by atoms with E-state index in [0.29, 0.717) is 12.5 Å². The van der Waals surface area contributed by atoms with Gasteiger partial charge < -0.3 is 4.74 Å². The molecule has 0 aliphatic heterocycles. The highest BCUT2D eigenvalue weighted by Gasteiger charge is 2.61. The van der Waals surface area contributed by atoms with Crippen LogP contribution in [0.1, 0.15) is 36.3 Å². The third-order valence-corrected chi connectivity index (χ3v) is 8.92. The average molecular weight is 383 g/mol. The lowest BCUT2D eigenvalue weighted by Crippen LogP contribution is -2.33. The summed E-state index contributed by atoms with van der Waals surface area (Å²) >= 11 is 0. The van der Waals surface area contributed by atoms with E-state index in [0.717, 1.165) is 46.6 Å². The Kier molecular flexibility index (Phi) is 3.31. The van der Waals surface area contributed by atoms with Gasteiger partial charge in [0.1, 0.15) is 5.92 Å². The smallest absolute Gasteiger partial charge is 0.317 e. The molecule has 146 valence electrons. The third-order valence-electron chi connectivity index (χ3n) is 8.92. The number of benzene rings is 2. The van der Waals surface area contributed by atoms with Crippen LogP contribution in [0.2, 0.25) is 0 Å². The van der Waals surface area contributed by atoms with Gasteiger partial charge in [-0.05, 0) is 82.9 Å². The summed E-state index contributed by atoms with van der Waals surface area (Å²) in [6, 6.07) is 16.6. The van der Waals surface area contributed by atoms with Crippen molar-refractivity contribution in [3.05, 3.63) is 71.8 Å². The average Bonchev–Trinajstić information content (AvgIpc) is 3.56. The molecule has 0 aromatic heterocycles. The number of fused-ring (bicyclic) bond motifs is 12. The number of rotatable bonds is 3. The van der Waals surface area contributed by atoms with Gasteiger partial charge in [0, 0.05) is 0 Å². The highest BCUT2D eigenvalue weighted by Crippen LogP contribution is 2.67. The van der Waals surface area contributed by atoms with Crippen LogP contribution < -0.4 is 0 Å². The number of esters is 1. The van der Waals surface area contributed by atoms with Crippen molar-refractivity contribution in [2.75, 3.05) is 6.61 Å². The van der Waals surface area contributed by atoms with Gasteiger partial charge in [-0.3, -0.25) is 4.79 Å². The molecule has 7 unspecified atom stereocenters. The zero-order chi connectivity index (χ0) is 19.1. The predicted molar refractivity (Wildman–Crippen MR) is 112 cm³/mol. The molecular weight excluding hydrogens is 356 g/mol. The largest absolute Gasteiger partial charge is 0.465 e. The maximum absolute atomic E-state index is 13.3. The maximum atomic E-state index is 13.3. The summed E-state index contributed by atoms with van der Waals surface area (Å²) in [5.74, 6) is 5.39. The van der Waals surface area contributed by atoms with Crippen LogP contribution in [-0.2, 0) is 9.53 Å². The van der Waals surface area contributed by atoms with E-state index >= 15 is 0 Å². The van der Waals surface area contributed by atoms with Crippen molar-refractivity contribution in [2.45, 2.75) is 25.2 Å². The Balaban J connectivity index is 1.11. The first kappa shape index (κ1) is 16.4. The van der Waals surface area contributed by atoms with Gasteiger partial charge in [-0.25, -0.2) is 0 Å². The molecule has 7 rings (SSSR count). The van der Waals surface area contributed by atoms with Gasteiger partial charge in [0.25, 0.3) is 0 Å². The summed E-state index contributed by atoms with van der Waals surface area (Å²) in [6.45, 7) is 0.616. The zero-order valence-electron chi connectivity index (χ0n) is 16.5. The molecule has 0 amide bonds. The lowest BCUT2D eigenvalue weighted by molar-refractivity contribution is -0.146. The first-order valence-electron chi connectivity index (χ1n) is 11.3. The second kappa shape index (κ2) is 5.84. The fourth-order valence-electron chi connectivity index (χ4n) is 8.03. The zero-order valence-corrected chi connectivity index (χ0v) is 16.5. The molecule has 2 aromatic rings. The van der Waals surface area contributed by atoms with Gasteiger partial charge in [-0.15, -0.1) is 0 Å². The summed E-state index contributed by atoms with van der Waals surface area (Å²) in [5, 5.41) is 0. The Morgan fingerprint density at radius 1 is 0.828 bits per heavy atom. The van der Waals surface area contributed by atoms with Crippen molar-refractivity contribution in [1.82, 2.24) is 0 Å². The summed E-state index contributed by atoms with van der Waals surface area (Å²) in [4.78, 5) is 13.3. The molecule has 4 bridgehead atoms. The fourth-order valence-corrected chi connectivity index (χ4v) is 8.03. The number of carbonyl (C=O) groups is 1. The van der Waals surface area contributed by atoms with Crippen LogP contribution in [0.4, 0.5) is 0 Å². The van der Waals surface area contributed by atoms with Crippen LogP contribution in [-0.4, -0.2) is 12.6 Å². The van der Waals surface area contributed by atoms with E-state index in [-0.39, 0.29) is 11.9 Å². The van der Waals surface area contributed by atoms with Gasteiger partial charge >= 0.3 is 5.97 Å². The summed E-state index contributed by atoms with van der Waals surface area (Å²) in [7, 11) is 0. The molecule has 5 aliphatic carbocycles. The Hall–Kier alpha value is -2.35. The molecule has 3 fully saturated rings. The van der Waals surface area contributed by atoms with E-state index in [1.54, 1.807) is 0 Å². The number of carbonyl (C=O) groups excluding carboxylic acids is 1. The quantitative estimate of drug-likeness (QED) is 0.402. The lowest BCUT2D eigenvalue weighted by Gasteiger charge is -2.36. The molecule has 0 heterocycles. The lowest BCUT2D eigenvalue weighted by atomic mass is 9.69. The highest BCUT2D eigenvalue weighted by molar-refractivity contribution is 5.93. The maximum Gasteiger partial charge on any atom is 0.317 e. The predicted octanol–water partition coefficient (Wildman–Crippen LogP) is 5.44. The van der Waals surface area contributed by atoms with E-state index in [9.17, 15) is 4.79 Å². The molecule has 7 atom stereocenters. The van der Waals surface area contributed by atoms with E-state index in [4.69, 9.17) is 4.74 Å². The monoisotopic (exact) mass is 382 g/mol. The molecule has 0 spiro atoms. The van der Waals surface area contributed by atoms with Crippen LogP contribution in [0.3, 0.4) is 0 Å². The van der Waals surface area contributed by atoms with Crippen LogP contribution in [0.15, 0.2) is 60.7 Å². The summed E-state index contributed by atoms with van der Waals surface area (Å²) < 4.78 is 6.05. The van der Waals surface area contributed by atoms with E-state index in [1.807, 2.05) is 12.1 Å². The Morgan fingerprint density at radius 2 is 1.48 bits per heavy atom. The van der Waals surface area contributed by atoms with Gasteiger partial charge in [-0.2, -0.15) is 0 Å². The van der Waals surface area contributed by atoms with Crippen LogP contribution in [0.25, 0.3) is 11.1 Å². The van der Waals surface area contributed by atoms with E-state index < -0.39 is 0 Å². The third kappa shape index (κ3) is 2.15. The van der Waals surface area contributed by atoms with Crippen molar-refractivity contribution < 1.29 is 9.53 Å². The number of allylic oxidation sites excluding steroid dienone is 2. The first-order valence-corrected chi connectivity index (χ1v) is 11.3. The Labute approximate surface area is 172 Å². The Bertz CT molecular complexity index is 991. The molecule has 3 saturated carbocycles. The normalized spacial score (nSPS) is 37.6. The highest BCUT2D eigenvalue weighted by atomic mass is 16.5. The van der Waals surface area contributed by atoms with Gasteiger partial charge in [-0.1, -0.05) is 60.7 Å². The number of hydrogen-bond acceptors (Lipinski definition) is 2. The van der Waals surface area contributed by atoms with Crippen molar-refractivity contribution in [2.24, 2.45) is 41.4 Å². The fraction of sp³-hybridized carbons (Fsp3) is 0.444. The molecule has 0 saturated heterocycles. The van der Waals surface area contributed by atoms with E-state index in [1.165, 1.54) is 30.4 Å². The van der Waals surface area contributed by atoms with E-state index in [2.05, 4.69) is 48.6 Å². The second-order valence-electron chi connectivity index (χ2n) is 10.00. The van der Waals surface area contributed by atoms with Gasteiger partial charge in [0.05, 0.1) is 6.61 Å². The molecule has 2 aromatic carbocycles. The number of hydrogen-bond donors (Lipinski definition) is 0. The topological polar surface area (TPSA) is 26.3 Å². The molecule has 2 heteroatoms. The van der Waals surface area contributed by atoms with Gasteiger partial charge in [0.15, 0.2) is 0 Å². The second-order valence-corrected chi connectivity index (χ2v) is 10.00. The van der Waals surface area contributed by atoms with Crippen LogP contribution in [0.5, 0.6) is 0 Å². The minimum Gasteiger partial charge on any atom is -0.465 e. The van der Waals surface area contributed by atoms with Crippen molar-refractivity contribution in [3.8, 4) is 11.1 Å². The van der Waals surface area contributed by atoms with Crippen molar-refractivity contribution in [1.29, 1.82) is 0 Å². The molecule has 0 N–H and O–H groups in total. The summed E-state index contributed by atoms with van der Waals surface area (Å²) in [6.07, 6.45) is 9.03. The van der Waals surface area contributed by atoms with Crippen LogP contribution in [0, 0.1) is 41.4 Å². The molecule has 5 aliphatic rings. The standard InChI is InChI=1S/C27H26O2/c28-27(26-21-7-3-1-5-19(21)20-6-2-4-8-22(20)26)29-14-18-12-17-13-23(18)25-16-10-9-15(11-16)24(17)25/h1-10,15-18,23-26H,11-14H2. The van der Waals surface area contributed by atoms with Crippen molar-refractivity contribution >= 4 is 5.97 Å².